The molecule has 0 heterocycles. The maximum atomic E-state index is 13.4. The standard InChI is InChI=1S/C27H32F4N2O6/c1-14(34)39-16-11-18(22(36)19(12-16)33-24(37)27(30,31)23(28)29)32-21(35)13-38-20-9-8-15(25(2,3)4)10-17(20)26(5,6)7/h8-12,23,36H,13H2,1-7H3,(H,32,35)(H,33,37). The number of nitrogens with one attached hydrogen (secondary N) is 2. The first kappa shape index (κ1) is 31.4. The van der Waals surface area contributed by atoms with Crippen molar-refractivity contribution in [3.8, 4) is 17.2 Å². The summed E-state index contributed by atoms with van der Waals surface area (Å²) in [7, 11) is 0. The van der Waals surface area contributed by atoms with E-state index in [1.54, 1.807) is 6.07 Å². The minimum Gasteiger partial charge on any atom is -0.504 e. The minimum atomic E-state index is -5.07. The number of hydrogen-bond acceptors (Lipinski definition) is 6. The quantitative estimate of drug-likeness (QED) is 0.165. The maximum Gasteiger partial charge on any atom is 0.383 e. The van der Waals surface area contributed by atoms with Gasteiger partial charge >= 0.3 is 24.2 Å². The Morgan fingerprint density at radius 2 is 1.49 bits per heavy atom. The number of esters is 1. The van der Waals surface area contributed by atoms with Gasteiger partial charge < -0.3 is 25.2 Å². The first-order valence-electron chi connectivity index (χ1n) is 11.8. The Bertz CT molecular complexity index is 1250. The van der Waals surface area contributed by atoms with Gasteiger partial charge in [0.2, 0.25) is 0 Å². The van der Waals surface area contributed by atoms with E-state index in [2.05, 4.69) is 26.1 Å². The number of phenolic OH excluding ortho intramolecular Hbond substituents is 1. The van der Waals surface area contributed by atoms with Crippen LogP contribution in [0.4, 0.5) is 28.9 Å². The summed E-state index contributed by atoms with van der Waals surface area (Å²) in [5.74, 6) is -10.0. The number of rotatable bonds is 8. The molecule has 39 heavy (non-hydrogen) atoms. The Morgan fingerprint density at radius 3 is 1.97 bits per heavy atom. The van der Waals surface area contributed by atoms with Crippen molar-refractivity contribution < 1.29 is 46.5 Å². The number of phenols is 1. The number of carbonyl (C=O) groups excluding carboxylic acids is 3. The SMILES string of the molecule is CC(=O)Oc1cc(NC(=O)COc2ccc(C(C)(C)C)cc2C(C)(C)C)c(O)c(NC(=O)C(F)(F)C(F)F)c1. The smallest absolute Gasteiger partial charge is 0.383 e. The summed E-state index contributed by atoms with van der Waals surface area (Å²) in [6.07, 6.45) is -4.32. The van der Waals surface area contributed by atoms with Crippen molar-refractivity contribution in [1.29, 1.82) is 0 Å². The molecule has 12 heteroatoms. The second-order valence-electron chi connectivity index (χ2n) is 10.9. The van der Waals surface area contributed by atoms with E-state index in [4.69, 9.17) is 9.47 Å². The summed E-state index contributed by atoms with van der Waals surface area (Å²) in [6, 6.07) is 7.35. The lowest BCUT2D eigenvalue weighted by molar-refractivity contribution is -0.163. The van der Waals surface area contributed by atoms with Crippen molar-refractivity contribution >= 4 is 29.2 Å². The molecular weight excluding hydrogens is 524 g/mol. The molecule has 0 spiro atoms. The Balaban J connectivity index is 2.32. The van der Waals surface area contributed by atoms with Crippen LogP contribution in [0, 0.1) is 0 Å². The Labute approximate surface area is 223 Å². The molecule has 0 bridgehead atoms. The molecule has 0 aliphatic rings. The number of halogens is 4. The highest BCUT2D eigenvalue weighted by atomic mass is 19.3. The first-order chi connectivity index (χ1) is 17.7. The fraction of sp³-hybridized carbons (Fsp3) is 0.444. The molecule has 0 fully saturated rings. The van der Waals surface area contributed by atoms with Crippen LogP contribution in [0.2, 0.25) is 0 Å². The van der Waals surface area contributed by atoms with Gasteiger partial charge in [-0.1, -0.05) is 53.7 Å². The van der Waals surface area contributed by atoms with E-state index in [9.17, 15) is 37.1 Å². The van der Waals surface area contributed by atoms with Crippen LogP contribution < -0.4 is 20.1 Å². The Hall–Kier alpha value is -3.83. The molecule has 0 radical (unpaired) electrons. The number of ether oxygens (including phenoxy) is 2. The van der Waals surface area contributed by atoms with Crippen molar-refractivity contribution in [1.82, 2.24) is 0 Å². The van der Waals surface area contributed by atoms with Gasteiger partial charge in [0.05, 0.1) is 11.4 Å². The molecule has 0 atom stereocenters. The van der Waals surface area contributed by atoms with Crippen LogP contribution in [0.1, 0.15) is 59.6 Å². The van der Waals surface area contributed by atoms with Gasteiger partial charge in [-0.2, -0.15) is 8.78 Å². The summed E-state index contributed by atoms with van der Waals surface area (Å²) in [4.78, 5) is 35.7. The average Bonchev–Trinajstić information content (AvgIpc) is 2.78. The van der Waals surface area contributed by atoms with Gasteiger partial charge in [-0.25, -0.2) is 8.78 Å². The van der Waals surface area contributed by atoms with E-state index in [0.717, 1.165) is 30.2 Å². The minimum absolute atomic E-state index is 0.132. The summed E-state index contributed by atoms with van der Waals surface area (Å²) >= 11 is 0. The third-order valence-corrected chi connectivity index (χ3v) is 5.46. The van der Waals surface area contributed by atoms with E-state index in [1.807, 2.05) is 32.9 Å². The second kappa shape index (κ2) is 11.5. The monoisotopic (exact) mass is 556 g/mol. The van der Waals surface area contributed by atoms with Crippen LogP contribution in [0.5, 0.6) is 17.2 Å². The lowest BCUT2D eigenvalue weighted by atomic mass is 9.80. The third-order valence-electron chi connectivity index (χ3n) is 5.46. The van der Waals surface area contributed by atoms with Crippen LogP contribution in [0.15, 0.2) is 30.3 Å². The molecule has 214 valence electrons. The van der Waals surface area contributed by atoms with Crippen LogP contribution in [0.3, 0.4) is 0 Å². The molecule has 8 nitrogen and oxygen atoms in total. The number of hydrogen-bond donors (Lipinski definition) is 3. The molecule has 0 unspecified atom stereocenters. The molecule has 0 aromatic heterocycles. The van der Waals surface area contributed by atoms with Crippen molar-refractivity contribution in [2.45, 2.75) is 71.6 Å². The van der Waals surface area contributed by atoms with Gasteiger partial charge in [-0.05, 0) is 28.0 Å². The molecule has 3 N–H and O–H groups in total. The lowest BCUT2D eigenvalue weighted by Crippen LogP contribution is -2.41. The zero-order valence-corrected chi connectivity index (χ0v) is 22.7. The second-order valence-corrected chi connectivity index (χ2v) is 10.9. The fourth-order valence-corrected chi connectivity index (χ4v) is 3.37. The normalized spacial score (nSPS) is 12.2. The highest BCUT2D eigenvalue weighted by Gasteiger charge is 2.49. The van der Waals surface area contributed by atoms with E-state index < -0.39 is 53.9 Å². The summed E-state index contributed by atoms with van der Waals surface area (Å²) < 4.78 is 62.6. The topological polar surface area (TPSA) is 114 Å². The number of amides is 2. The zero-order valence-electron chi connectivity index (χ0n) is 22.7. The molecule has 2 rings (SSSR count). The maximum absolute atomic E-state index is 13.4. The summed E-state index contributed by atoms with van der Waals surface area (Å²) in [5.41, 5.74) is 0.167. The third kappa shape index (κ3) is 8.08. The lowest BCUT2D eigenvalue weighted by Gasteiger charge is -2.27. The van der Waals surface area contributed by atoms with Gasteiger partial charge in [0.25, 0.3) is 5.91 Å². The number of benzene rings is 2. The van der Waals surface area contributed by atoms with Gasteiger partial charge in [0, 0.05) is 19.1 Å². The summed E-state index contributed by atoms with van der Waals surface area (Å²) in [5, 5.41) is 14.2. The van der Waals surface area contributed by atoms with Crippen molar-refractivity contribution in [2.24, 2.45) is 0 Å². The zero-order chi connectivity index (χ0) is 29.9. The highest BCUT2D eigenvalue weighted by Crippen LogP contribution is 2.39. The van der Waals surface area contributed by atoms with Crippen LogP contribution >= 0.6 is 0 Å². The van der Waals surface area contributed by atoms with Gasteiger partial charge in [-0.3, -0.25) is 14.4 Å². The number of carbonyl (C=O) groups is 3. The number of anilines is 2. The molecule has 2 aromatic carbocycles. The van der Waals surface area contributed by atoms with Gasteiger partial charge in [0.15, 0.2) is 12.4 Å². The van der Waals surface area contributed by atoms with E-state index >= 15 is 0 Å². The van der Waals surface area contributed by atoms with Crippen LogP contribution in [-0.2, 0) is 25.2 Å². The molecule has 2 amide bonds. The van der Waals surface area contributed by atoms with E-state index in [-0.39, 0.29) is 16.6 Å². The predicted molar refractivity (Wildman–Crippen MR) is 137 cm³/mol. The summed E-state index contributed by atoms with van der Waals surface area (Å²) in [6.45, 7) is 12.6. The first-order valence-corrected chi connectivity index (χ1v) is 11.8. The molecular formula is C27H32F4N2O6. The van der Waals surface area contributed by atoms with E-state index in [1.165, 1.54) is 5.32 Å². The van der Waals surface area contributed by atoms with Crippen LogP contribution in [-0.4, -0.2) is 41.8 Å². The number of aromatic hydroxyl groups is 1. The average molecular weight is 557 g/mol. The number of alkyl halides is 4. The Kier molecular flexibility index (Phi) is 9.26. The van der Waals surface area contributed by atoms with E-state index in [0.29, 0.717) is 5.75 Å². The van der Waals surface area contributed by atoms with Crippen molar-refractivity contribution in [3.05, 3.63) is 41.5 Å². The Morgan fingerprint density at radius 1 is 0.923 bits per heavy atom. The van der Waals surface area contributed by atoms with Gasteiger partial charge in [0.1, 0.15) is 11.5 Å². The molecule has 0 aliphatic heterocycles. The largest absolute Gasteiger partial charge is 0.504 e. The molecule has 0 saturated carbocycles. The molecule has 0 saturated heterocycles. The highest BCUT2D eigenvalue weighted by molar-refractivity contribution is 6.01. The fourth-order valence-electron chi connectivity index (χ4n) is 3.37. The van der Waals surface area contributed by atoms with Gasteiger partial charge in [-0.15, -0.1) is 0 Å². The molecule has 2 aromatic rings. The van der Waals surface area contributed by atoms with Crippen molar-refractivity contribution in [2.75, 3.05) is 17.2 Å². The van der Waals surface area contributed by atoms with Crippen LogP contribution in [0.25, 0.3) is 0 Å². The molecule has 0 aliphatic carbocycles. The predicted octanol–water partition coefficient (Wildman–Crippen LogP) is 5.77. The van der Waals surface area contributed by atoms with Crippen molar-refractivity contribution in [3.63, 3.8) is 0 Å².